The van der Waals surface area contributed by atoms with Gasteiger partial charge in [0, 0.05) is 11.5 Å². The molecule has 1 saturated heterocycles. The molecule has 3 rings (SSSR count). The first-order valence-corrected chi connectivity index (χ1v) is 9.44. The first-order chi connectivity index (χ1) is 12.5. The Morgan fingerprint density at radius 3 is 2.30 bits per heavy atom. The van der Waals surface area contributed by atoms with Crippen molar-refractivity contribution in [3.63, 3.8) is 0 Å². The van der Waals surface area contributed by atoms with Crippen LogP contribution in [-0.2, 0) is 9.47 Å². The minimum atomic E-state index is -1.01. The number of amides is 1. The standard InChI is InChI=1S/C21H28FNO4/c1-20(2,3)27-19(25)23-16(12-22)18(26-21(23,4)5)15-10-8-14(9-11-15)17(24)13-6-7-13/h8-11,13,16,18H,6-7,12H2,1-5H3. The van der Waals surface area contributed by atoms with Gasteiger partial charge in [-0.3, -0.25) is 9.69 Å². The van der Waals surface area contributed by atoms with Crippen molar-refractivity contribution in [3.8, 4) is 0 Å². The highest BCUT2D eigenvalue weighted by atomic mass is 19.1. The first kappa shape index (κ1) is 19.8. The lowest BCUT2D eigenvalue weighted by Crippen LogP contribution is -2.50. The fraction of sp³-hybridized carbons (Fsp3) is 0.619. The van der Waals surface area contributed by atoms with Gasteiger partial charge in [-0.15, -0.1) is 0 Å². The largest absolute Gasteiger partial charge is 0.444 e. The number of Topliss-reactive ketones (excluding diaryl/α,β-unsaturated/α-hetero) is 1. The van der Waals surface area contributed by atoms with Crippen molar-refractivity contribution < 1.29 is 23.5 Å². The van der Waals surface area contributed by atoms with Crippen LogP contribution in [0.15, 0.2) is 24.3 Å². The third-order valence-corrected chi connectivity index (χ3v) is 4.90. The maximum atomic E-state index is 14.0. The Labute approximate surface area is 159 Å². The summed E-state index contributed by atoms with van der Waals surface area (Å²) in [5, 5.41) is 0. The molecule has 0 radical (unpaired) electrons. The number of alkyl halides is 1. The van der Waals surface area contributed by atoms with E-state index in [4.69, 9.17) is 9.47 Å². The summed E-state index contributed by atoms with van der Waals surface area (Å²) in [7, 11) is 0. The Kier molecular flexibility index (Phi) is 5.06. The zero-order valence-corrected chi connectivity index (χ0v) is 16.6. The Hall–Kier alpha value is -1.95. The zero-order chi connectivity index (χ0) is 20.0. The molecule has 1 amide bonds. The molecule has 6 heteroatoms. The van der Waals surface area contributed by atoms with E-state index in [1.54, 1.807) is 58.9 Å². The number of hydrogen-bond donors (Lipinski definition) is 0. The lowest BCUT2D eigenvalue weighted by atomic mass is 9.99. The molecule has 1 saturated carbocycles. The van der Waals surface area contributed by atoms with E-state index in [2.05, 4.69) is 0 Å². The molecular weight excluding hydrogens is 349 g/mol. The molecule has 1 aromatic rings. The van der Waals surface area contributed by atoms with Crippen molar-refractivity contribution in [2.75, 3.05) is 6.67 Å². The van der Waals surface area contributed by atoms with Crippen LogP contribution in [0.5, 0.6) is 0 Å². The van der Waals surface area contributed by atoms with Gasteiger partial charge in [-0.05, 0) is 53.0 Å². The molecule has 5 nitrogen and oxygen atoms in total. The van der Waals surface area contributed by atoms with Crippen molar-refractivity contribution >= 4 is 11.9 Å². The van der Waals surface area contributed by atoms with Gasteiger partial charge in [0.15, 0.2) is 5.78 Å². The summed E-state index contributed by atoms with van der Waals surface area (Å²) in [5.74, 6) is 0.311. The van der Waals surface area contributed by atoms with Crippen LogP contribution in [0.1, 0.15) is 69.5 Å². The fourth-order valence-electron chi connectivity index (χ4n) is 3.51. The summed E-state index contributed by atoms with van der Waals surface area (Å²) in [4.78, 5) is 26.2. The normalized spacial score (nSPS) is 24.7. The van der Waals surface area contributed by atoms with E-state index in [1.807, 2.05) is 0 Å². The van der Waals surface area contributed by atoms with Crippen molar-refractivity contribution in [1.29, 1.82) is 0 Å². The maximum Gasteiger partial charge on any atom is 0.413 e. The maximum absolute atomic E-state index is 14.0. The molecule has 1 aliphatic heterocycles. The molecule has 2 fully saturated rings. The van der Waals surface area contributed by atoms with Gasteiger partial charge in [-0.2, -0.15) is 0 Å². The van der Waals surface area contributed by atoms with Crippen LogP contribution in [-0.4, -0.2) is 40.8 Å². The average molecular weight is 377 g/mol. The summed E-state index contributed by atoms with van der Waals surface area (Å²) in [5.41, 5.74) is -0.285. The molecule has 2 unspecified atom stereocenters. The van der Waals surface area contributed by atoms with E-state index < -0.39 is 36.2 Å². The van der Waals surface area contributed by atoms with Crippen LogP contribution in [0.4, 0.5) is 9.18 Å². The molecule has 2 aliphatic rings. The van der Waals surface area contributed by atoms with Gasteiger partial charge in [0.2, 0.25) is 0 Å². The number of nitrogens with zero attached hydrogens (tertiary/aromatic N) is 1. The summed E-state index contributed by atoms with van der Waals surface area (Å²) in [6.45, 7) is 8.01. The number of benzene rings is 1. The van der Waals surface area contributed by atoms with Crippen molar-refractivity contribution in [3.05, 3.63) is 35.4 Å². The molecular formula is C21H28FNO4. The summed E-state index contributed by atoms with van der Waals surface area (Å²) in [6.07, 6.45) is 0.686. The lowest BCUT2D eigenvalue weighted by molar-refractivity contribution is -0.0797. The number of halogens is 1. The topological polar surface area (TPSA) is 55.8 Å². The number of ether oxygens (including phenoxy) is 2. The highest BCUT2D eigenvalue weighted by Crippen LogP contribution is 2.42. The zero-order valence-electron chi connectivity index (χ0n) is 16.6. The van der Waals surface area contributed by atoms with Gasteiger partial charge in [-0.25, -0.2) is 9.18 Å². The highest BCUT2D eigenvalue weighted by molar-refractivity contribution is 5.99. The first-order valence-electron chi connectivity index (χ1n) is 9.44. The van der Waals surface area contributed by atoms with E-state index in [0.29, 0.717) is 5.56 Å². The molecule has 0 N–H and O–H groups in total. The summed E-state index contributed by atoms with van der Waals surface area (Å²) >= 11 is 0. The molecule has 1 aromatic carbocycles. The Balaban J connectivity index is 1.83. The van der Waals surface area contributed by atoms with E-state index in [-0.39, 0.29) is 11.7 Å². The Bertz CT molecular complexity index is 719. The third kappa shape index (κ3) is 4.15. The second-order valence-electron chi connectivity index (χ2n) is 8.82. The second kappa shape index (κ2) is 6.89. The van der Waals surface area contributed by atoms with Crippen LogP contribution in [0.2, 0.25) is 0 Å². The van der Waals surface area contributed by atoms with Gasteiger partial charge >= 0.3 is 6.09 Å². The van der Waals surface area contributed by atoms with E-state index in [0.717, 1.165) is 18.4 Å². The van der Waals surface area contributed by atoms with Crippen LogP contribution in [0, 0.1) is 5.92 Å². The number of carbonyl (C=O) groups is 2. The van der Waals surface area contributed by atoms with Crippen molar-refractivity contribution in [2.45, 2.75) is 70.9 Å². The Morgan fingerprint density at radius 1 is 1.22 bits per heavy atom. The number of rotatable bonds is 4. The third-order valence-electron chi connectivity index (χ3n) is 4.90. The number of ketones is 1. The number of carbonyl (C=O) groups excluding carboxylic acids is 2. The molecule has 2 atom stereocenters. The molecule has 1 heterocycles. The average Bonchev–Trinajstić information content (AvgIpc) is 3.36. The van der Waals surface area contributed by atoms with Crippen LogP contribution in [0.25, 0.3) is 0 Å². The van der Waals surface area contributed by atoms with Gasteiger partial charge in [0.25, 0.3) is 0 Å². The van der Waals surface area contributed by atoms with E-state index >= 15 is 0 Å². The SMILES string of the molecule is CC(C)(C)OC(=O)N1C(CF)C(c2ccc(C(=O)C3CC3)cc2)OC1(C)C. The quantitative estimate of drug-likeness (QED) is 0.716. The van der Waals surface area contributed by atoms with E-state index in [1.165, 1.54) is 4.90 Å². The predicted octanol–water partition coefficient (Wildman–Crippen LogP) is 4.66. The number of hydrogen-bond acceptors (Lipinski definition) is 4. The molecule has 0 aromatic heterocycles. The van der Waals surface area contributed by atoms with Gasteiger partial charge in [-0.1, -0.05) is 24.3 Å². The molecule has 27 heavy (non-hydrogen) atoms. The molecule has 0 spiro atoms. The smallest absolute Gasteiger partial charge is 0.413 e. The summed E-state index contributed by atoms with van der Waals surface area (Å²) < 4.78 is 25.5. The van der Waals surface area contributed by atoms with Gasteiger partial charge < -0.3 is 9.47 Å². The van der Waals surface area contributed by atoms with Crippen LogP contribution >= 0.6 is 0 Å². The van der Waals surface area contributed by atoms with E-state index in [9.17, 15) is 14.0 Å². The highest BCUT2D eigenvalue weighted by Gasteiger charge is 2.51. The Morgan fingerprint density at radius 2 is 1.81 bits per heavy atom. The van der Waals surface area contributed by atoms with Crippen LogP contribution in [0.3, 0.4) is 0 Å². The second-order valence-corrected chi connectivity index (χ2v) is 8.82. The van der Waals surface area contributed by atoms with Gasteiger partial charge in [0.05, 0.1) is 6.04 Å². The fourth-order valence-corrected chi connectivity index (χ4v) is 3.51. The van der Waals surface area contributed by atoms with Crippen molar-refractivity contribution in [2.24, 2.45) is 5.92 Å². The van der Waals surface area contributed by atoms with Crippen molar-refractivity contribution in [1.82, 2.24) is 4.90 Å². The monoisotopic (exact) mass is 377 g/mol. The lowest BCUT2D eigenvalue weighted by Gasteiger charge is -2.34. The summed E-state index contributed by atoms with van der Waals surface area (Å²) in [6, 6.07) is 6.31. The molecule has 1 aliphatic carbocycles. The minimum absolute atomic E-state index is 0.152. The van der Waals surface area contributed by atoms with Gasteiger partial charge in [0.1, 0.15) is 24.1 Å². The molecule has 0 bridgehead atoms. The minimum Gasteiger partial charge on any atom is -0.444 e. The molecule has 148 valence electrons. The predicted molar refractivity (Wildman–Crippen MR) is 99.2 cm³/mol. The van der Waals surface area contributed by atoms with Crippen LogP contribution < -0.4 is 0 Å².